The highest BCUT2D eigenvalue weighted by Gasteiger charge is 1.87. The molecule has 0 aromatic rings. The summed E-state index contributed by atoms with van der Waals surface area (Å²) < 4.78 is 0. The molecule has 0 aromatic carbocycles. The molecule has 14 heavy (non-hydrogen) atoms. The van der Waals surface area contributed by atoms with Crippen molar-refractivity contribution >= 4 is 0 Å². The maximum absolute atomic E-state index is 9.76. The van der Waals surface area contributed by atoms with E-state index in [-0.39, 0.29) is 13.1 Å². The van der Waals surface area contributed by atoms with Crippen LogP contribution in [0.4, 0.5) is 0 Å². The average molecular weight is 204 g/mol. The second kappa shape index (κ2) is 8.02. The van der Waals surface area contributed by atoms with Crippen LogP contribution in [0.5, 0.6) is 0 Å². The summed E-state index contributed by atoms with van der Waals surface area (Å²) in [4.78, 5) is 19.5. The minimum Gasteiger partial charge on any atom is -0.379 e. The number of hydrogen-bond donors (Lipinski definition) is 0. The van der Waals surface area contributed by atoms with Gasteiger partial charge in [0.25, 0.3) is 0 Å². The number of unbranched alkanes of at least 4 members (excludes halogenated alkanes) is 3. The zero-order chi connectivity index (χ0) is 10.8. The van der Waals surface area contributed by atoms with Gasteiger partial charge in [-0.3, -0.25) is 20.2 Å². The van der Waals surface area contributed by atoms with E-state index < -0.39 is 10.1 Å². The molecule has 0 saturated heterocycles. The average Bonchev–Trinajstić information content (AvgIpc) is 2.08. The highest BCUT2D eigenvalue weighted by atomic mass is 16.7. The maximum atomic E-state index is 9.76. The maximum Gasteiger partial charge on any atom is -0.0127 e. The van der Waals surface area contributed by atoms with Crippen LogP contribution in [-0.4, -0.2) is 23.2 Å². The lowest BCUT2D eigenvalue weighted by Crippen LogP contribution is -1.96. The molecule has 0 bridgehead atoms. The van der Waals surface area contributed by atoms with Crippen LogP contribution in [0, 0.1) is 20.2 Å². The molecular weight excluding hydrogens is 192 g/mol. The lowest BCUT2D eigenvalue weighted by Gasteiger charge is -2.09. The lowest BCUT2D eigenvalue weighted by atomic mass is 10.2. The van der Waals surface area contributed by atoms with Crippen molar-refractivity contribution in [3.05, 3.63) is 31.1 Å². The molecule has 0 rings (SSSR count). The number of rotatable bonds is 9. The zero-order valence-electron chi connectivity index (χ0n) is 7.66. The fourth-order valence-electron chi connectivity index (χ4n) is 0.882. The molecule has 0 aliphatic heterocycles. The number of hydrogen-bond acceptors (Lipinski definition) is 4. The van der Waals surface area contributed by atoms with Gasteiger partial charge in [0.1, 0.15) is 0 Å². The van der Waals surface area contributed by atoms with Gasteiger partial charge in [0.05, 0.1) is 0 Å². The van der Waals surface area contributed by atoms with Crippen molar-refractivity contribution in [2.45, 2.75) is 25.7 Å². The summed E-state index contributed by atoms with van der Waals surface area (Å²) in [6.07, 6.45) is 2.84. The van der Waals surface area contributed by atoms with E-state index in [9.17, 15) is 20.2 Å². The van der Waals surface area contributed by atoms with Crippen molar-refractivity contribution in [1.82, 2.24) is 0 Å². The fraction of sp³-hybridized carbons (Fsp3) is 1.00. The van der Waals surface area contributed by atoms with Crippen LogP contribution < -0.4 is 0 Å². The molecule has 0 N–H and O–H groups in total. The lowest BCUT2D eigenvalue weighted by molar-refractivity contribution is -0.427. The predicted molar refractivity (Wildman–Crippen MR) is 48.9 cm³/mol. The Morgan fingerprint density at radius 2 is 1.14 bits per heavy atom. The zero-order valence-corrected chi connectivity index (χ0v) is 7.66. The standard InChI is InChI=1S/C6H12N4O4/c11-9(12)7-5-3-1-2-4-6-8-10(13)14/h1-6H2/q-2. The molecule has 0 spiro atoms. The molecule has 0 aromatic heterocycles. The van der Waals surface area contributed by atoms with Crippen molar-refractivity contribution < 1.29 is 10.1 Å². The molecule has 0 aliphatic rings. The Morgan fingerprint density at radius 1 is 0.786 bits per heavy atom. The van der Waals surface area contributed by atoms with E-state index >= 15 is 0 Å². The third-order valence-electron chi connectivity index (χ3n) is 1.50. The third-order valence-corrected chi connectivity index (χ3v) is 1.50. The summed E-state index contributed by atoms with van der Waals surface area (Å²) in [6, 6.07) is 0. The summed E-state index contributed by atoms with van der Waals surface area (Å²) in [5.41, 5.74) is 6.12. The Bertz CT molecular complexity index is 167. The van der Waals surface area contributed by atoms with E-state index in [2.05, 4.69) is 10.9 Å². The van der Waals surface area contributed by atoms with Gasteiger partial charge in [0, 0.05) is 0 Å². The summed E-state index contributed by atoms with van der Waals surface area (Å²) in [5, 5.41) is 18.1. The first kappa shape index (κ1) is 12.4. The van der Waals surface area contributed by atoms with Gasteiger partial charge in [-0.15, -0.1) is 0 Å². The smallest absolute Gasteiger partial charge is 0.0127 e. The van der Waals surface area contributed by atoms with Crippen LogP contribution in [0.2, 0.25) is 0 Å². The molecule has 0 aliphatic carbocycles. The highest BCUT2D eigenvalue weighted by molar-refractivity contribution is 4.63. The van der Waals surface area contributed by atoms with Crippen LogP contribution >= 0.6 is 0 Å². The van der Waals surface area contributed by atoms with Gasteiger partial charge in [-0.25, -0.2) is 0 Å². The SMILES string of the molecule is O=[N+]([O-])[N-]CCCCCC[N-][N+](=O)[O-]. The molecule has 82 valence electrons. The van der Waals surface area contributed by atoms with Crippen LogP contribution in [0.15, 0.2) is 0 Å². The minimum atomic E-state index is -0.706. The Hall–Kier alpha value is -1.60. The van der Waals surface area contributed by atoms with Gasteiger partial charge in [0.15, 0.2) is 0 Å². The molecule has 0 amide bonds. The Kier molecular flexibility index (Phi) is 7.10. The first-order valence-electron chi connectivity index (χ1n) is 4.26. The molecule has 0 unspecified atom stereocenters. The molecule has 0 radical (unpaired) electrons. The van der Waals surface area contributed by atoms with Crippen molar-refractivity contribution in [1.29, 1.82) is 0 Å². The van der Waals surface area contributed by atoms with E-state index in [0.717, 1.165) is 12.8 Å². The largest absolute Gasteiger partial charge is 0.379 e. The van der Waals surface area contributed by atoms with Crippen molar-refractivity contribution in [2.75, 3.05) is 13.1 Å². The molecule has 0 heterocycles. The van der Waals surface area contributed by atoms with E-state index in [1.807, 2.05) is 0 Å². The Morgan fingerprint density at radius 3 is 1.43 bits per heavy atom. The van der Waals surface area contributed by atoms with Crippen LogP contribution in [0.3, 0.4) is 0 Å². The second-order valence-corrected chi connectivity index (χ2v) is 2.62. The first-order valence-corrected chi connectivity index (χ1v) is 4.26. The van der Waals surface area contributed by atoms with Gasteiger partial charge in [-0.1, -0.05) is 38.8 Å². The summed E-state index contributed by atoms with van der Waals surface area (Å²) >= 11 is 0. The van der Waals surface area contributed by atoms with Gasteiger partial charge in [-0.2, -0.15) is 0 Å². The van der Waals surface area contributed by atoms with E-state index in [1.54, 1.807) is 0 Å². The summed E-state index contributed by atoms with van der Waals surface area (Å²) in [6.45, 7) is 0.415. The predicted octanol–water partition coefficient (Wildman–Crippen LogP) is 1.68. The molecule has 0 fully saturated rings. The van der Waals surface area contributed by atoms with E-state index in [4.69, 9.17) is 0 Å². The van der Waals surface area contributed by atoms with Crippen LogP contribution in [-0.2, 0) is 0 Å². The highest BCUT2D eigenvalue weighted by Crippen LogP contribution is 2.03. The summed E-state index contributed by atoms with van der Waals surface area (Å²) in [5.74, 6) is 0. The molecule has 0 atom stereocenters. The normalized spacial score (nSPS) is 9.43. The molecule has 8 heteroatoms. The van der Waals surface area contributed by atoms with Crippen LogP contribution in [0.25, 0.3) is 10.9 Å². The first-order chi connectivity index (χ1) is 6.63. The van der Waals surface area contributed by atoms with Gasteiger partial charge in [-0.05, 0) is 10.1 Å². The van der Waals surface area contributed by atoms with Crippen molar-refractivity contribution in [3.63, 3.8) is 0 Å². The van der Waals surface area contributed by atoms with E-state index in [1.165, 1.54) is 0 Å². The van der Waals surface area contributed by atoms with Crippen molar-refractivity contribution in [2.24, 2.45) is 0 Å². The molecule has 0 saturated carbocycles. The topological polar surface area (TPSA) is 114 Å². The Labute approximate surface area is 80.9 Å². The Balaban J connectivity index is 2.99. The quantitative estimate of drug-likeness (QED) is 0.322. The van der Waals surface area contributed by atoms with Gasteiger partial charge < -0.3 is 10.9 Å². The monoisotopic (exact) mass is 204 g/mol. The second-order valence-electron chi connectivity index (χ2n) is 2.62. The molecular formula is C6H12N4O4-2. The van der Waals surface area contributed by atoms with Gasteiger partial charge >= 0.3 is 0 Å². The van der Waals surface area contributed by atoms with E-state index in [0.29, 0.717) is 12.8 Å². The van der Waals surface area contributed by atoms with Gasteiger partial charge in [0.2, 0.25) is 0 Å². The van der Waals surface area contributed by atoms with Crippen molar-refractivity contribution in [3.8, 4) is 0 Å². The number of nitro groups is 2. The minimum absolute atomic E-state index is 0.208. The molecule has 8 nitrogen and oxygen atoms in total. The van der Waals surface area contributed by atoms with Crippen LogP contribution in [0.1, 0.15) is 25.7 Å². The fourth-order valence-corrected chi connectivity index (χ4v) is 0.882. The number of nitrogens with zero attached hydrogens (tertiary/aromatic N) is 4. The summed E-state index contributed by atoms with van der Waals surface area (Å²) in [7, 11) is 0. The third kappa shape index (κ3) is 10.4.